The first-order valence-corrected chi connectivity index (χ1v) is 5.34. The lowest BCUT2D eigenvalue weighted by Crippen LogP contribution is -2.38. The SMILES string of the molecule is CCNc1ccc([N+](=O)[O-])c(OC2COC2)n1. The number of ether oxygens (including phenoxy) is 2. The molecule has 0 atom stereocenters. The molecule has 1 N–H and O–H groups in total. The van der Waals surface area contributed by atoms with E-state index in [1.165, 1.54) is 6.07 Å². The largest absolute Gasteiger partial charge is 0.465 e. The van der Waals surface area contributed by atoms with Gasteiger partial charge in [0.15, 0.2) is 0 Å². The van der Waals surface area contributed by atoms with Crippen LogP contribution in [-0.4, -0.2) is 35.8 Å². The standard InChI is InChI=1S/C10H13N3O4/c1-2-11-9-4-3-8(13(14)15)10(12-9)17-7-5-16-6-7/h3-4,7H,2,5-6H2,1H3,(H,11,12). The Morgan fingerprint density at radius 1 is 1.65 bits per heavy atom. The highest BCUT2D eigenvalue weighted by molar-refractivity contribution is 5.49. The lowest BCUT2D eigenvalue weighted by atomic mass is 10.3. The maximum atomic E-state index is 10.8. The van der Waals surface area contributed by atoms with E-state index in [4.69, 9.17) is 9.47 Å². The van der Waals surface area contributed by atoms with Gasteiger partial charge < -0.3 is 14.8 Å². The molecule has 0 spiro atoms. The highest BCUT2D eigenvalue weighted by atomic mass is 16.6. The number of hydrogen-bond donors (Lipinski definition) is 1. The van der Waals surface area contributed by atoms with Gasteiger partial charge in [-0.15, -0.1) is 0 Å². The van der Waals surface area contributed by atoms with Crippen LogP contribution in [0, 0.1) is 10.1 Å². The van der Waals surface area contributed by atoms with E-state index in [9.17, 15) is 10.1 Å². The van der Waals surface area contributed by atoms with Crippen LogP contribution in [0.5, 0.6) is 5.88 Å². The van der Waals surface area contributed by atoms with Gasteiger partial charge in [0.25, 0.3) is 5.88 Å². The zero-order valence-corrected chi connectivity index (χ0v) is 9.38. The van der Waals surface area contributed by atoms with Crippen LogP contribution in [0.25, 0.3) is 0 Å². The van der Waals surface area contributed by atoms with Crippen LogP contribution in [-0.2, 0) is 4.74 Å². The smallest absolute Gasteiger partial charge is 0.331 e. The first-order valence-electron chi connectivity index (χ1n) is 5.34. The Morgan fingerprint density at radius 2 is 2.41 bits per heavy atom. The number of anilines is 1. The fourth-order valence-corrected chi connectivity index (χ4v) is 1.38. The van der Waals surface area contributed by atoms with Gasteiger partial charge in [-0.05, 0) is 13.0 Å². The summed E-state index contributed by atoms with van der Waals surface area (Å²) in [5, 5.41) is 13.8. The minimum Gasteiger partial charge on any atom is -0.465 e. The summed E-state index contributed by atoms with van der Waals surface area (Å²) < 4.78 is 10.4. The predicted molar refractivity (Wildman–Crippen MR) is 60.3 cm³/mol. The summed E-state index contributed by atoms with van der Waals surface area (Å²) in [6.45, 7) is 3.51. The average molecular weight is 239 g/mol. The molecule has 0 saturated carbocycles. The highest BCUT2D eigenvalue weighted by Crippen LogP contribution is 2.28. The molecule has 7 nitrogen and oxygen atoms in total. The van der Waals surface area contributed by atoms with E-state index in [1.54, 1.807) is 6.07 Å². The van der Waals surface area contributed by atoms with Gasteiger partial charge in [-0.1, -0.05) is 0 Å². The highest BCUT2D eigenvalue weighted by Gasteiger charge is 2.26. The van der Waals surface area contributed by atoms with Gasteiger partial charge in [-0.3, -0.25) is 10.1 Å². The number of nitrogens with zero attached hydrogens (tertiary/aromatic N) is 2. The maximum Gasteiger partial charge on any atom is 0.331 e. The molecule has 7 heteroatoms. The van der Waals surface area contributed by atoms with Crippen LogP contribution in [0.4, 0.5) is 11.5 Å². The Bertz CT molecular complexity index is 420. The molecule has 0 aromatic carbocycles. The maximum absolute atomic E-state index is 10.8. The van der Waals surface area contributed by atoms with Gasteiger partial charge in [-0.25, -0.2) is 0 Å². The Labute approximate surface area is 97.9 Å². The molecule has 0 amide bonds. The molecule has 1 aromatic rings. The van der Waals surface area contributed by atoms with Gasteiger partial charge in [0.1, 0.15) is 11.9 Å². The summed E-state index contributed by atoms with van der Waals surface area (Å²) in [6, 6.07) is 2.95. The number of rotatable bonds is 5. The van der Waals surface area contributed by atoms with E-state index in [0.717, 1.165) is 0 Å². The molecule has 92 valence electrons. The van der Waals surface area contributed by atoms with E-state index in [0.29, 0.717) is 25.6 Å². The van der Waals surface area contributed by atoms with E-state index in [1.807, 2.05) is 6.92 Å². The number of nitro groups is 1. The topological polar surface area (TPSA) is 86.5 Å². The minimum atomic E-state index is -0.502. The van der Waals surface area contributed by atoms with Crippen molar-refractivity contribution in [2.45, 2.75) is 13.0 Å². The van der Waals surface area contributed by atoms with Crippen molar-refractivity contribution in [1.29, 1.82) is 0 Å². The first kappa shape index (κ1) is 11.6. The van der Waals surface area contributed by atoms with Crippen molar-refractivity contribution in [3.8, 4) is 5.88 Å². The van der Waals surface area contributed by atoms with Crippen LogP contribution >= 0.6 is 0 Å². The van der Waals surface area contributed by atoms with Crippen molar-refractivity contribution in [2.24, 2.45) is 0 Å². The molecule has 1 aromatic heterocycles. The van der Waals surface area contributed by atoms with Crippen molar-refractivity contribution in [3.63, 3.8) is 0 Å². The summed E-state index contributed by atoms with van der Waals surface area (Å²) in [5.74, 6) is 0.607. The molecule has 0 radical (unpaired) electrons. The van der Waals surface area contributed by atoms with E-state index >= 15 is 0 Å². The number of nitrogens with one attached hydrogen (secondary N) is 1. The third kappa shape index (κ3) is 2.62. The van der Waals surface area contributed by atoms with E-state index in [-0.39, 0.29) is 17.7 Å². The van der Waals surface area contributed by atoms with Crippen molar-refractivity contribution in [3.05, 3.63) is 22.2 Å². The van der Waals surface area contributed by atoms with Crippen LogP contribution in [0.2, 0.25) is 0 Å². The molecular weight excluding hydrogens is 226 g/mol. The lowest BCUT2D eigenvalue weighted by Gasteiger charge is -2.25. The summed E-state index contributed by atoms with van der Waals surface area (Å²) >= 11 is 0. The minimum absolute atomic E-state index is 0.0433. The van der Waals surface area contributed by atoms with Crippen molar-refractivity contribution < 1.29 is 14.4 Å². The third-order valence-electron chi connectivity index (χ3n) is 2.28. The molecular formula is C10H13N3O4. The van der Waals surface area contributed by atoms with E-state index in [2.05, 4.69) is 10.3 Å². The molecule has 1 aliphatic heterocycles. The normalized spacial score (nSPS) is 15.1. The van der Waals surface area contributed by atoms with Gasteiger partial charge in [0, 0.05) is 12.6 Å². The average Bonchev–Trinajstić information content (AvgIpc) is 2.24. The van der Waals surface area contributed by atoms with Crippen molar-refractivity contribution >= 4 is 11.5 Å². The first-order chi connectivity index (χ1) is 8.20. The second-order valence-corrected chi connectivity index (χ2v) is 3.59. The number of hydrogen-bond acceptors (Lipinski definition) is 6. The molecule has 0 unspecified atom stereocenters. The zero-order valence-electron chi connectivity index (χ0n) is 9.38. The zero-order chi connectivity index (χ0) is 12.3. The Balaban J connectivity index is 2.22. The second kappa shape index (κ2) is 4.96. The Kier molecular flexibility index (Phi) is 3.38. The fourth-order valence-electron chi connectivity index (χ4n) is 1.38. The molecule has 0 bridgehead atoms. The molecule has 1 aliphatic rings. The summed E-state index contributed by atoms with van der Waals surface area (Å²) in [6.07, 6.45) is -0.141. The Hall–Kier alpha value is -1.89. The van der Waals surface area contributed by atoms with Crippen LogP contribution in [0.15, 0.2) is 12.1 Å². The summed E-state index contributed by atoms with van der Waals surface area (Å²) in [5.41, 5.74) is -0.126. The van der Waals surface area contributed by atoms with Crippen LogP contribution in [0.1, 0.15) is 6.92 Å². The van der Waals surface area contributed by atoms with Gasteiger partial charge >= 0.3 is 5.69 Å². The molecule has 0 aliphatic carbocycles. The number of pyridine rings is 1. The predicted octanol–water partition coefficient (Wildman–Crippen LogP) is 1.20. The quantitative estimate of drug-likeness (QED) is 0.613. The Morgan fingerprint density at radius 3 is 2.94 bits per heavy atom. The molecule has 1 fully saturated rings. The van der Waals surface area contributed by atoms with Crippen molar-refractivity contribution in [2.75, 3.05) is 25.1 Å². The number of aromatic nitrogens is 1. The van der Waals surface area contributed by atoms with Crippen LogP contribution in [0.3, 0.4) is 0 Å². The van der Waals surface area contributed by atoms with Crippen molar-refractivity contribution in [1.82, 2.24) is 4.98 Å². The molecule has 1 saturated heterocycles. The third-order valence-corrected chi connectivity index (χ3v) is 2.28. The molecule has 2 heterocycles. The molecule has 2 rings (SSSR count). The summed E-state index contributed by atoms with van der Waals surface area (Å²) in [4.78, 5) is 14.4. The fraction of sp³-hybridized carbons (Fsp3) is 0.500. The lowest BCUT2D eigenvalue weighted by molar-refractivity contribution is -0.386. The molecule has 17 heavy (non-hydrogen) atoms. The summed E-state index contributed by atoms with van der Waals surface area (Å²) in [7, 11) is 0. The van der Waals surface area contributed by atoms with Gasteiger partial charge in [0.05, 0.1) is 18.1 Å². The van der Waals surface area contributed by atoms with E-state index < -0.39 is 4.92 Å². The monoisotopic (exact) mass is 239 g/mol. The van der Waals surface area contributed by atoms with Gasteiger partial charge in [-0.2, -0.15) is 4.98 Å². The van der Waals surface area contributed by atoms with Gasteiger partial charge in [0.2, 0.25) is 0 Å². The second-order valence-electron chi connectivity index (χ2n) is 3.59. The van der Waals surface area contributed by atoms with Crippen LogP contribution < -0.4 is 10.1 Å².